The van der Waals surface area contributed by atoms with Crippen molar-refractivity contribution < 1.29 is 4.79 Å². The summed E-state index contributed by atoms with van der Waals surface area (Å²) in [5, 5.41) is 3.75. The highest BCUT2D eigenvalue weighted by Crippen LogP contribution is 2.45. The molecule has 8 nitrogen and oxygen atoms in total. The normalized spacial score (nSPS) is 25.9. The van der Waals surface area contributed by atoms with Gasteiger partial charge >= 0.3 is 0 Å². The summed E-state index contributed by atoms with van der Waals surface area (Å²) in [7, 11) is 0. The molecule has 1 saturated heterocycles. The Labute approximate surface area is 158 Å². The van der Waals surface area contributed by atoms with Crippen LogP contribution in [0, 0.1) is 5.92 Å². The summed E-state index contributed by atoms with van der Waals surface area (Å²) in [6, 6.07) is 0. The first-order valence-electron chi connectivity index (χ1n) is 9.82. The van der Waals surface area contributed by atoms with Crippen LogP contribution in [0.1, 0.15) is 50.5 Å². The van der Waals surface area contributed by atoms with Crippen LogP contribution in [0.25, 0.3) is 21.5 Å². The maximum Gasteiger partial charge on any atom is 0.233 e. The molecule has 8 heteroatoms. The summed E-state index contributed by atoms with van der Waals surface area (Å²) in [5.74, 6) is 0.574. The van der Waals surface area contributed by atoms with Gasteiger partial charge in [0.25, 0.3) is 0 Å². The van der Waals surface area contributed by atoms with Crippen LogP contribution < -0.4 is 0 Å². The Morgan fingerprint density at radius 1 is 1.30 bits per heavy atom. The van der Waals surface area contributed by atoms with Gasteiger partial charge in [0.05, 0.1) is 23.5 Å². The third-order valence-electron chi connectivity index (χ3n) is 6.27. The molecule has 2 aromatic heterocycles. The number of likely N-dealkylation sites (tertiary alicyclic amines) is 1. The molecule has 0 bridgehead atoms. The number of azide groups is 1. The Bertz CT molecular complexity index is 856. The lowest BCUT2D eigenvalue weighted by Crippen LogP contribution is -2.50. The Morgan fingerprint density at radius 3 is 2.81 bits per heavy atom. The number of nitrogens with zero attached hydrogens (tertiary/aromatic N) is 6. The number of imidazole rings is 1. The summed E-state index contributed by atoms with van der Waals surface area (Å²) in [6.07, 6.45) is 11.9. The topological polar surface area (TPSA) is 111 Å². The average Bonchev–Trinajstić information content (AvgIpc) is 3.22. The third-order valence-corrected chi connectivity index (χ3v) is 6.27. The summed E-state index contributed by atoms with van der Waals surface area (Å²) in [6.45, 7) is 2.20. The monoisotopic (exact) mass is 367 g/mol. The minimum atomic E-state index is -0.566. The number of fused-ring (bicyclic) bond motifs is 1. The van der Waals surface area contributed by atoms with Crippen molar-refractivity contribution in [3.05, 3.63) is 34.7 Å². The number of nitrogens with one attached hydrogen (secondary N) is 1. The third kappa shape index (κ3) is 3.25. The van der Waals surface area contributed by atoms with E-state index in [2.05, 4.69) is 25.0 Å². The van der Waals surface area contributed by atoms with Crippen molar-refractivity contribution in [2.45, 2.75) is 50.4 Å². The second-order valence-electron chi connectivity index (χ2n) is 7.78. The highest BCUT2D eigenvalue weighted by atomic mass is 16.2. The average molecular weight is 367 g/mol. The van der Waals surface area contributed by atoms with E-state index in [-0.39, 0.29) is 5.91 Å². The van der Waals surface area contributed by atoms with Gasteiger partial charge in [0, 0.05) is 36.3 Å². The van der Waals surface area contributed by atoms with Gasteiger partial charge in [-0.2, -0.15) is 0 Å². The van der Waals surface area contributed by atoms with E-state index in [0.717, 1.165) is 68.2 Å². The number of hydrogen-bond acceptors (Lipinski definition) is 4. The summed E-state index contributed by atoms with van der Waals surface area (Å²) >= 11 is 0. The molecule has 0 aromatic carbocycles. The van der Waals surface area contributed by atoms with Gasteiger partial charge in [-0.1, -0.05) is 5.11 Å². The van der Waals surface area contributed by atoms with Gasteiger partial charge in [-0.05, 0) is 56.4 Å². The van der Waals surface area contributed by atoms with Crippen molar-refractivity contribution in [3.63, 3.8) is 0 Å². The molecule has 1 amide bonds. The molecule has 0 unspecified atom stereocenters. The fourth-order valence-corrected chi connectivity index (χ4v) is 4.73. The zero-order valence-electron chi connectivity index (χ0n) is 15.5. The smallest absolute Gasteiger partial charge is 0.233 e. The summed E-state index contributed by atoms with van der Waals surface area (Å²) < 4.78 is 0. The van der Waals surface area contributed by atoms with Crippen molar-refractivity contribution in [2.24, 2.45) is 11.0 Å². The van der Waals surface area contributed by atoms with E-state index in [0.29, 0.717) is 12.5 Å². The number of aromatic nitrogens is 3. The minimum Gasteiger partial charge on any atom is -0.344 e. The number of hydrogen-bond donors (Lipinski definition) is 1. The van der Waals surface area contributed by atoms with Gasteiger partial charge in [0.15, 0.2) is 0 Å². The lowest BCUT2D eigenvalue weighted by Gasteiger charge is -2.43. The van der Waals surface area contributed by atoms with E-state index in [1.54, 1.807) is 12.5 Å². The van der Waals surface area contributed by atoms with Crippen LogP contribution in [-0.4, -0.2) is 45.4 Å². The van der Waals surface area contributed by atoms with E-state index in [1.165, 1.54) is 6.42 Å². The second-order valence-corrected chi connectivity index (χ2v) is 7.78. The van der Waals surface area contributed by atoms with Crippen LogP contribution in [0.2, 0.25) is 0 Å². The Morgan fingerprint density at radius 2 is 2.07 bits per heavy atom. The van der Waals surface area contributed by atoms with Gasteiger partial charge in [0.1, 0.15) is 5.52 Å². The first-order chi connectivity index (χ1) is 13.2. The molecule has 0 atom stereocenters. The Kier molecular flexibility index (Phi) is 4.99. The highest BCUT2D eigenvalue weighted by Gasteiger charge is 2.46. The van der Waals surface area contributed by atoms with Crippen molar-refractivity contribution in [1.29, 1.82) is 0 Å². The second kappa shape index (κ2) is 7.56. The molecule has 2 fully saturated rings. The molecule has 2 aliphatic rings. The maximum atomic E-state index is 13.7. The molecule has 3 heterocycles. The zero-order chi connectivity index (χ0) is 18.7. The Balaban J connectivity index is 1.71. The molecule has 1 saturated carbocycles. The molecular formula is C19H25N7O. The van der Waals surface area contributed by atoms with Crippen molar-refractivity contribution in [2.75, 3.05) is 19.6 Å². The van der Waals surface area contributed by atoms with Crippen LogP contribution in [0.15, 0.2) is 23.8 Å². The van der Waals surface area contributed by atoms with E-state index >= 15 is 0 Å². The van der Waals surface area contributed by atoms with Crippen LogP contribution in [0.3, 0.4) is 0 Å². The molecule has 142 valence electrons. The zero-order valence-corrected chi connectivity index (χ0v) is 15.5. The van der Waals surface area contributed by atoms with E-state index in [4.69, 9.17) is 5.53 Å². The van der Waals surface area contributed by atoms with Crippen LogP contribution in [0.5, 0.6) is 0 Å². The van der Waals surface area contributed by atoms with Gasteiger partial charge in [0.2, 0.25) is 5.91 Å². The van der Waals surface area contributed by atoms with Gasteiger partial charge in [-0.25, -0.2) is 4.98 Å². The number of carbonyl (C=O) groups is 1. The molecule has 0 radical (unpaired) electrons. The van der Waals surface area contributed by atoms with Crippen molar-refractivity contribution in [1.82, 2.24) is 19.9 Å². The number of amides is 1. The predicted octanol–water partition coefficient (Wildman–Crippen LogP) is 3.71. The molecule has 2 aromatic rings. The largest absolute Gasteiger partial charge is 0.344 e. The summed E-state index contributed by atoms with van der Waals surface area (Å²) in [4.78, 5) is 30.6. The van der Waals surface area contributed by atoms with E-state index in [9.17, 15) is 4.79 Å². The van der Waals surface area contributed by atoms with Crippen molar-refractivity contribution in [3.8, 4) is 0 Å². The molecular weight excluding hydrogens is 342 g/mol. The quantitative estimate of drug-likeness (QED) is 0.505. The molecule has 1 aliphatic heterocycles. The number of H-pyrrole nitrogens is 1. The fourth-order valence-electron chi connectivity index (χ4n) is 4.73. The SMILES string of the molecule is [N-]=[N+]=NCC1CCC(C(=O)N2CCCCC2)(c2cncc3nc[nH]c23)CC1. The maximum absolute atomic E-state index is 13.7. The number of piperidine rings is 1. The number of pyridine rings is 1. The van der Waals surface area contributed by atoms with Crippen LogP contribution >= 0.6 is 0 Å². The number of rotatable bonds is 4. The highest BCUT2D eigenvalue weighted by molar-refractivity contribution is 5.93. The standard InChI is InChI=1S/C19H25N7O/c20-25-24-10-14-4-6-19(7-5-14,18(27)26-8-2-1-3-9-26)15-11-21-12-16-17(15)23-13-22-16/h11-14H,1-10H2,(H,22,23). The number of carbonyl (C=O) groups excluding carboxylic acids is 1. The molecule has 1 N–H and O–H groups in total. The lowest BCUT2D eigenvalue weighted by atomic mass is 9.65. The fraction of sp³-hybridized carbons (Fsp3) is 0.632. The van der Waals surface area contributed by atoms with Gasteiger partial charge in [-0.3, -0.25) is 9.78 Å². The minimum absolute atomic E-state index is 0.230. The number of aromatic amines is 1. The van der Waals surface area contributed by atoms with E-state index in [1.807, 2.05) is 11.1 Å². The predicted molar refractivity (Wildman–Crippen MR) is 102 cm³/mol. The van der Waals surface area contributed by atoms with Gasteiger partial charge < -0.3 is 9.88 Å². The van der Waals surface area contributed by atoms with Crippen LogP contribution in [-0.2, 0) is 10.2 Å². The lowest BCUT2D eigenvalue weighted by molar-refractivity contribution is -0.140. The molecule has 27 heavy (non-hydrogen) atoms. The van der Waals surface area contributed by atoms with Gasteiger partial charge in [-0.15, -0.1) is 0 Å². The molecule has 4 rings (SSSR count). The summed E-state index contributed by atoms with van der Waals surface area (Å²) in [5.41, 5.74) is 10.7. The van der Waals surface area contributed by atoms with E-state index < -0.39 is 5.41 Å². The molecule has 1 aliphatic carbocycles. The van der Waals surface area contributed by atoms with Crippen LogP contribution in [0.4, 0.5) is 0 Å². The Hall–Kier alpha value is -2.60. The first-order valence-corrected chi connectivity index (χ1v) is 9.82. The molecule has 0 spiro atoms. The van der Waals surface area contributed by atoms with Crippen molar-refractivity contribution >= 4 is 16.9 Å². The first kappa shape index (κ1) is 17.8.